The Morgan fingerprint density at radius 2 is 2.25 bits per heavy atom. The van der Waals surface area contributed by atoms with E-state index in [4.69, 9.17) is 16.3 Å². The van der Waals surface area contributed by atoms with Crippen molar-refractivity contribution >= 4 is 35.0 Å². The fourth-order valence-electron chi connectivity index (χ4n) is 3.49. The summed E-state index contributed by atoms with van der Waals surface area (Å²) in [5, 5.41) is 12.8. The van der Waals surface area contributed by atoms with Crippen molar-refractivity contribution in [1.82, 2.24) is 10.3 Å². The third-order valence-corrected chi connectivity index (χ3v) is 5.44. The van der Waals surface area contributed by atoms with Gasteiger partial charge in [0.1, 0.15) is 22.2 Å². The number of nitrogens with zero attached hydrogens (tertiary/aromatic N) is 3. The number of rotatable bonds is 6. The maximum absolute atomic E-state index is 12.6. The number of carbonyl (C=O) groups excluding carboxylic acids is 1. The Hall–Kier alpha value is -2.45. The first kappa shape index (κ1) is 20.3. The molecule has 2 N–H and O–H groups in total. The number of aromatic nitrogens is 1. The zero-order valence-electron chi connectivity index (χ0n) is 15.8. The molecule has 3 heterocycles. The van der Waals surface area contributed by atoms with Crippen LogP contribution in [-0.4, -0.2) is 60.0 Å². The van der Waals surface area contributed by atoms with Crippen LogP contribution in [0.5, 0.6) is 0 Å². The molecule has 8 nitrogen and oxygen atoms in total. The second-order valence-corrected chi connectivity index (χ2v) is 7.11. The molecular weight excluding hydrogens is 384 g/mol. The summed E-state index contributed by atoms with van der Waals surface area (Å²) in [6.45, 7) is 2.95. The Morgan fingerprint density at radius 3 is 2.89 bits per heavy atom. The maximum Gasteiger partial charge on any atom is 0.339 e. The maximum atomic E-state index is 12.6. The molecule has 0 aromatic carbocycles. The Bertz CT molecular complexity index is 839. The number of hydrogen-bond donors (Lipinski definition) is 2. The van der Waals surface area contributed by atoms with E-state index in [2.05, 4.69) is 15.3 Å². The number of nitrogens with one attached hydrogen (secondary N) is 1. The number of aromatic carboxylic acids is 1. The predicted molar refractivity (Wildman–Crippen MR) is 106 cm³/mol. The fourth-order valence-corrected chi connectivity index (χ4v) is 3.80. The van der Waals surface area contributed by atoms with Gasteiger partial charge in [-0.25, -0.2) is 14.8 Å². The molecule has 1 saturated heterocycles. The van der Waals surface area contributed by atoms with Gasteiger partial charge >= 0.3 is 5.97 Å². The molecule has 2 atom stereocenters. The largest absolute Gasteiger partial charge is 0.478 e. The molecule has 150 valence electrons. The number of halogens is 1. The zero-order valence-corrected chi connectivity index (χ0v) is 16.6. The monoisotopic (exact) mass is 406 g/mol. The minimum absolute atomic E-state index is 0.146. The summed E-state index contributed by atoms with van der Waals surface area (Å²) in [4.78, 5) is 34.3. The number of methoxy groups -OCH3 is 1. The van der Waals surface area contributed by atoms with E-state index in [-0.39, 0.29) is 23.6 Å². The van der Waals surface area contributed by atoms with Crippen LogP contribution in [0.25, 0.3) is 0 Å². The molecule has 0 radical (unpaired) electrons. The van der Waals surface area contributed by atoms with E-state index >= 15 is 0 Å². The van der Waals surface area contributed by atoms with E-state index < -0.39 is 5.97 Å². The third-order valence-electron chi connectivity index (χ3n) is 5.09. The first-order valence-corrected chi connectivity index (χ1v) is 9.54. The van der Waals surface area contributed by atoms with E-state index in [1.165, 1.54) is 6.07 Å². The molecule has 0 spiro atoms. The van der Waals surface area contributed by atoms with Crippen molar-refractivity contribution in [3.8, 4) is 0 Å². The van der Waals surface area contributed by atoms with Gasteiger partial charge in [-0.05, 0) is 30.5 Å². The molecule has 2 aliphatic rings. The molecule has 28 heavy (non-hydrogen) atoms. The lowest BCUT2D eigenvalue weighted by Crippen LogP contribution is -2.56. The second-order valence-electron chi connectivity index (χ2n) is 6.75. The average Bonchev–Trinajstić information content (AvgIpc) is 3.09. The van der Waals surface area contributed by atoms with E-state index in [1.807, 2.05) is 11.8 Å². The number of amides is 1. The molecule has 0 bridgehead atoms. The van der Waals surface area contributed by atoms with Gasteiger partial charge in [0.2, 0.25) is 0 Å². The number of pyridine rings is 1. The van der Waals surface area contributed by atoms with E-state index in [9.17, 15) is 14.7 Å². The van der Waals surface area contributed by atoms with Gasteiger partial charge in [0.25, 0.3) is 5.91 Å². The smallest absolute Gasteiger partial charge is 0.339 e. The fraction of sp³-hybridized carbons (Fsp3) is 0.474. The van der Waals surface area contributed by atoms with Gasteiger partial charge in [0, 0.05) is 32.8 Å². The van der Waals surface area contributed by atoms with Crippen molar-refractivity contribution in [3.63, 3.8) is 0 Å². The summed E-state index contributed by atoms with van der Waals surface area (Å²) in [7, 11) is 1.57. The van der Waals surface area contributed by atoms with Gasteiger partial charge < -0.3 is 20.1 Å². The van der Waals surface area contributed by atoms with Gasteiger partial charge in [-0.2, -0.15) is 0 Å². The van der Waals surface area contributed by atoms with Crippen LogP contribution in [0.15, 0.2) is 34.1 Å². The van der Waals surface area contributed by atoms with Gasteiger partial charge in [0.15, 0.2) is 0 Å². The molecule has 3 rings (SSSR count). The van der Waals surface area contributed by atoms with Crippen molar-refractivity contribution in [2.24, 2.45) is 4.99 Å². The summed E-state index contributed by atoms with van der Waals surface area (Å²) < 4.78 is 5.57. The first-order valence-electron chi connectivity index (χ1n) is 9.16. The topological polar surface area (TPSA) is 104 Å². The Morgan fingerprint density at radius 1 is 1.46 bits per heavy atom. The van der Waals surface area contributed by atoms with Gasteiger partial charge in [-0.1, -0.05) is 18.5 Å². The molecule has 0 saturated carbocycles. The summed E-state index contributed by atoms with van der Waals surface area (Å²) in [5.41, 5.74) is 1.52. The van der Waals surface area contributed by atoms with E-state index in [0.29, 0.717) is 42.6 Å². The standard InChI is InChI=1S/C19H23ClN4O4/c1-3-11-9-14(22-16(11)20)18(25)23-13-6-8-24(10-15(13)28-2)17-12(19(26)27)5-4-7-21-17/h4-5,7,13,15H,3,6,8-10H2,1-2H3,(H,23,25)(H,26,27)/t13-,15+/m1/s1. The highest BCUT2D eigenvalue weighted by atomic mass is 35.5. The average molecular weight is 407 g/mol. The van der Waals surface area contributed by atoms with Crippen LogP contribution >= 0.6 is 11.6 Å². The number of anilines is 1. The van der Waals surface area contributed by atoms with Crippen LogP contribution in [0.3, 0.4) is 0 Å². The Labute approximate surface area is 168 Å². The molecular formula is C19H23ClN4O4. The number of carboxylic acids is 1. The first-order chi connectivity index (χ1) is 13.4. The normalized spacial score (nSPS) is 22.2. The Kier molecular flexibility index (Phi) is 6.31. The molecule has 1 aromatic rings. The van der Waals surface area contributed by atoms with Crippen molar-refractivity contribution in [2.45, 2.75) is 38.3 Å². The van der Waals surface area contributed by atoms with Crippen LogP contribution in [-0.2, 0) is 9.53 Å². The van der Waals surface area contributed by atoms with Crippen molar-refractivity contribution < 1.29 is 19.4 Å². The summed E-state index contributed by atoms with van der Waals surface area (Å²) in [6.07, 6.45) is 3.08. The Balaban J connectivity index is 1.67. The number of carbonyl (C=O) groups is 2. The third kappa shape index (κ3) is 4.18. The van der Waals surface area contributed by atoms with Crippen LogP contribution in [0, 0.1) is 0 Å². The zero-order chi connectivity index (χ0) is 20.3. The quantitative estimate of drug-likeness (QED) is 0.702. The van der Waals surface area contributed by atoms with E-state index in [0.717, 1.165) is 12.0 Å². The number of hydrogen-bond acceptors (Lipinski definition) is 6. The molecule has 0 unspecified atom stereocenters. The summed E-state index contributed by atoms with van der Waals surface area (Å²) in [5.74, 6) is -0.862. The highest BCUT2D eigenvalue weighted by molar-refractivity contribution is 6.43. The number of aliphatic imine (C=N–C) groups is 1. The SMILES string of the molecule is CCC1=C(Cl)N=C(C(=O)N[C@@H]2CCN(c3ncccc3C(=O)O)C[C@@H]2OC)C1. The number of piperidine rings is 1. The van der Waals surface area contributed by atoms with Crippen molar-refractivity contribution in [3.05, 3.63) is 34.6 Å². The lowest BCUT2D eigenvalue weighted by molar-refractivity contribution is -0.116. The highest BCUT2D eigenvalue weighted by Gasteiger charge is 2.34. The lowest BCUT2D eigenvalue weighted by atomic mass is 10.00. The van der Waals surface area contributed by atoms with Crippen LogP contribution in [0.1, 0.15) is 36.5 Å². The minimum Gasteiger partial charge on any atom is -0.478 e. The van der Waals surface area contributed by atoms with Crippen LogP contribution in [0.2, 0.25) is 0 Å². The van der Waals surface area contributed by atoms with Crippen molar-refractivity contribution in [2.75, 3.05) is 25.1 Å². The molecule has 1 aromatic heterocycles. The highest BCUT2D eigenvalue weighted by Crippen LogP contribution is 2.26. The van der Waals surface area contributed by atoms with Gasteiger partial charge in [0.05, 0.1) is 12.1 Å². The molecule has 9 heteroatoms. The minimum atomic E-state index is -1.03. The molecule has 1 amide bonds. The summed E-state index contributed by atoms with van der Waals surface area (Å²) >= 11 is 6.07. The van der Waals surface area contributed by atoms with Crippen molar-refractivity contribution in [1.29, 1.82) is 0 Å². The second kappa shape index (κ2) is 8.70. The molecule has 1 fully saturated rings. The predicted octanol–water partition coefficient (Wildman–Crippen LogP) is 2.19. The number of ether oxygens (including phenoxy) is 1. The van der Waals surface area contributed by atoms with E-state index in [1.54, 1.807) is 19.4 Å². The van der Waals surface area contributed by atoms with Gasteiger partial charge in [-0.15, -0.1) is 0 Å². The lowest BCUT2D eigenvalue weighted by Gasteiger charge is -2.39. The molecule has 0 aliphatic carbocycles. The van der Waals surface area contributed by atoms with Crippen LogP contribution in [0.4, 0.5) is 5.82 Å². The summed E-state index contributed by atoms with van der Waals surface area (Å²) in [6, 6.07) is 2.92. The number of carboxylic acid groups (broad SMARTS) is 1. The molecule has 2 aliphatic heterocycles. The van der Waals surface area contributed by atoms with Gasteiger partial charge in [-0.3, -0.25) is 4.79 Å². The number of allylic oxidation sites excluding steroid dienone is 1. The van der Waals surface area contributed by atoms with Crippen LogP contribution < -0.4 is 10.2 Å².